The molecule has 0 bridgehead atoms. The molecule has 0 spiro atoms. The van der Waals surface area contributed by atoms with Crippen LogP contribution in [0.3, 0.4) is 0 Å². The van der Waals surface area contributed by atoms with Gasteiger partial charge in [0.1, 0.15) is 0 Å². The Hall–Kier alpha value is -0.880. The maximum atomic E-state index is 6.16. The minimum atomic E-state index is 0.340. The molecular formula is C14H6Br2Cl2N2O. The fraction of sp³-hybridized carbons (Fsp3) is 0. The van der Waals surface area contributed by atoms with Gasteiger partial charge < -0.3 is 4.42 Å². The molecule has 21 heavy (non-hydrogen) atoms. The van der Waals surface area contributed by atoms with Gasteiger partial charge in [-0.3, -0.25) is 0 Å². The van der Waals surface area contributed by atoms with Gasteiger partial charge in [-0.25, -0.2) is 0 Å². The summed E-state index contributed by atoms with van der Waals surface area (Å²) in [5.74, 6) is 0.680. The first-order valence-electron chi connectivity index (χ1n) is 5.79. The third-order valence-electron chi connectivity index (χ3n) is 2.74. The van der Waals surface area contributed by atoms with Crippen LogP contribution in [0.25, 0.3) is 22.9 Å². The van der Waals surface area contributed by atoms with E-state index >= 15 is 0 Å². The van der Waals surface area contributed by atoms with Gasteiger partial charge in [0.2, 0.25) is 11.8 Å². The lowest BCUT2D eigenvalue weighted by atomic mass is 10.2. The van der Waals surface area contributed by atoms with Gasteiger partial charge in [0, 0.05) is 8.95 Å². The van der Waals surface area contributed by atoms with Crippen molar-refractivity contribution in [3.8, 4) is 22.9 Å². The van der Waals surface area contributed by atoms with Crippen molar-refractivity contribution in [2.75, 3.05) is 0 Å². The van der Waals surface area contributed by atoms with E-state index in [0.717, 1.165) is 8.95 Å². The average Bonchev–Trinajstić information content (AvgIpc) is 2.93. The highest BCUT2D eigenvalue weighted by Gasteiger charge is 2.15. The summed E-state index contributed by atoms with van der Waals surface area (Å²) in [6, 6.07) is 10.8. The van der Waals surface area contributed by atoms with Crippen LogP contribution in [0.5, 0.6) is 0 Å². The summed E-state index contributed by atoms with van der Waals surface area (Å²) in [6.45, 7) is 0. The Bertz CT molecular complexity index is 754. The first-order chi connectivity index (χ1) is 10.0. The van der Waals surface area contributed by atoms with Crippen molar-refractivity contribution in [1.82, 2.24) is 10.2 Å². The fourth-order valence-corrected chi connectivity index (χ4v) is 2.88. The highest BCUT2D eigenvalue weighted by Crippen LogP contribution is 2.34. The maximum absolute atomic E-state index is 6.16. The van der Waals surface area contributed by atoms with Crippen LogP contribution in [0.2, 0.25) is 10.0 Å². The standard InChI is InChI=1S/C14H6Br2Cl2N2O/c15-7-1-3-11(17)9(5-7)13-19-20-14(21-13)10-6-8(16)2-4-12(10)18/h1-6H. The first kappa shape index (κ1) is 15.0. The molecule has 0 aliphatic rings. The van der Waals surface area contributed by atoms with Crippen molar-refractivity contribution in [2.45, 2.75) is 0 Å². The molecule has 7 heteroatoms. The Labute approximate surface area is 147 Å². The van der Waals surface area contributed by atoms with Crippen LogP contribution < -0.4 is 0 Å². The highest BCUT2D eigenvalue weighted by molar-refractivity contribution is 9.10. The second kappa shape index (κ2) is 6.08. The Morgan fingerprint density at radius 3 is 1.62 bits per heavy atom. The Kier molecular flexibility index (Phi) is 4.36. The van der Waals surface area contributed by atoms with Gasteiger partial charge in [0.05, 0.1) is 21.2 Å². The SMILES string of the molecule is Clc1ccc(Br)cc1-c1nnc(-c2cc(Br)ccc2Cl)o1. The molecule has 0 fully saturated rings. The zero-order valence-electron chi connectivity index (χ0n) is 10.3. The molecule has 0 saturated heterocycles. The summed E-state index contributed by atoms with van der Waals surface area (Å²) >= 11 is 19.1. The molecule has 3 rings (SSSR count). The van der Waals surface area contributed by atoms with Crippen LogP contribution in [0.15, 0.2) is 49.8 Å². The van der Waals surface area contributed by atoms with Crippen LogP contribution in [0.1, 0.15) is 0 Å². The molecule has 0 N–H and O–H groups in total. The van der Waals surface area contributed by atoms with Gasteiger partial charge >= 0.3 is 0 Å². The van der Waals surface area contributed by atoms with Crippen molar-refractivity contribution in [1.29, 1.82) is 0 Å². The fourth-order valence-electron chi connectivity index (χ4n) is 1.76. The predicted molar refractivity (Wildman–Crippen MR) is 90.6 cm³/mol. The number of hydrogen-bond acceptors (Lipinski definition) is 3. The summed E-state index contributed by atoms with van der Waals surface area (Å²) in [5, 5.41) is 9.15. The van der Waals surface area contributed by atoms with Crippen molar-refractivity contribution < 1.29 is 4.42 Å². The van der Waals surface area contributed by atoms with Crippen LogP contribution in [0, 0.1) is 0 Å². The Morgan fingerprint density at radius 1 is 0.762 bits per heavy atom. The zero-order chi connectivity index (χ0) is 15.0. The summed E-state index contributed by atoms with van der Waals surface area (Å²) in [6.07, 6.45) is 0. The molecule has 106 valence electrons. The van der Waals surface area contributed by atoms with Crippen LogP contribution >= 0.6 is 55.1 Å². The van der Waals surface area contributed by atoms with Crippen molar-refractivity contribution in [3.63, 3.8) is 0 Å². The lowest BCUT2D eigenvalue weighted by Gasteiger charge is -2.01. The van der Waals surface area contributed by atoms with E-state index in [0.29, 0.717) is 33.0 Å². The van der Waals surface area contributed by atoms with Gasteiger partial charge in [-0.1, -0.05) is 55.1 Å². The molecule has 2 aromatic carbocycles. The molecule has 0 unspecified atom stereocenters. The van der Waals surface area contributed by atoms with E-state index < -0.39 is 0 Å². The van der Waals surface area contributed by atoms with Crippen molar-refractivity contribution in [2.24, 2.45) is 0 Å². The number of hydrogen-bond donors (Lipinski definition) is 0. The molecule has 3 aromatic rings. The number of halogens is 4. The molecule has 0 radical (unpaired) electrons. The van der Waals surface area contributed by atoms with Gasteiger partial charge in [-0.05, 0) is 36.4 Å². The topological polar surface area (TPSA) is 38.9 Å². The predicted octanol–water partition coefficient (Wildman–Crippen LogP) is 6.24. The van der Waals surface area contributed by atoms with Gasteiger partial charge in [0.15, 0.2) is 0 Å². The van der Waals surface area contributed by atoms with E-state index in [-0.39, 0.29) is 0 Å². The normalized spacial score (nSPS) is 10.9. The van der Waals surface area contributed by atoms with Gasteiger partial charge in [-0.2, -0.15) is 0 Å². The average molecular weight is 449 g/mol. The smallest absolute Gasteiger partial charge is 0.249 e. The number of aromatic nitrogens is 2. The third kappa shape index (κ3) is 3.16. The quantitative estimate of drug-likeness (QED) is 0.466. The van der Waals surface area contributed by atoms with Crippen molar-refractivity contribution in [3.05, 3.63) is 55.4 Å². The largest absolute Gasteiger partial charge is 0.416 e. The molecule has 0 aliphatic carbocycles. The van der Waals surface area contributed by atoms with Crippen molar-refractivity contribution >= 4 is 55.1 Å². The van der Waals surface area contributed by atoms with E-state index in [2.05, 4.69) is 42.1 Å². The zero-order valence-corrected chi connectivity index (χ0v) is 15.0. The summed E-state index contributed by atoms with van der Waals surface area (Å²) in [4.78, 5) is 0. The molecule has 1 heterocycles. The molecule has 0 atom stereocenters. The minimum absolute atomic E-state index is 0.340. The third-order valence-corrected chi connectivity index (χ3v) is 4.39. The van der Waals surface area contributed by atoms with Crippen LogP contribution in [-0.4, -0.2) is 10.2 Å². The van der Waals surface area contributed by atoms with E-state index in [9.17, 15) is 0 Å². The number of rotatable bonds is 2. The molecule has 0 amide bonds. The molecule has 0 aliphatic heterocycles. The summed E-state index contributed by atoms with van der Waals surface area (Å²) in [7, 11) is 0. The molecule has 1 aromatic heterocycles. The Balaban J connectivity index is 2.08. The molecular weight excluding hydrogens is 443 g/mol. The van der Waals surface area contributed by atoms with Crippen LogP contribution in [-0.2, 0) is 0 Å². The van der Waals surface area contributed by atoms with Crippen LogP contribution in [0.4, 0.5) is 0 Å². The molecule has 0 saturated carbocycles. The van der Waals surface area contributed by atoms with E-state index in [1.54, 1.807) is 12.1 Å². The summed E-state index contributed by atoms with van der Waals surface area (Å²) < 4.78 is 7.45. The van der Waals surface area contributed by atoms with E-state index in [1.165, 1.54) is 0 Å². The van der Waals surface area contributed by atoms with Gasteiger partial charge in [-0.15, -0.1) is 10.2 Å². The maximum Gasteiger partial charge on any atom is 0.249 e. The van der Waals surface area contributed by atoms with E-state index in [4.69, 9.17) is 27.6 Å². The highest BCUT2D eigenvalue weighted by atomic mass is 79.9. The number of benzene rings is 2. The monoisotopic (exact) mass is 446 g/mol. The minimum Gasteiger partial charge on any atom is -0.416 e. The lowest BCUT2D eigenvalue weighted by molar-refractivity contribution is 0.584. The first-order valence-corrected chi connectivity index (χ1v) is 8.13. The van der Waals surface area contributed by atoms with E-state index in [1.807, 2.05) is 24.3 Å². The Morgan fingerprint density at radius 2 is 1.19 bits per heavy atom. The molecule has 3 nitrogen and oxygen atoms in total. The second-order valence-corrected chi connectivity index (χ2v) is 6.81. The van der Waals surface area contributed by atoms with Gasteiger partial charge in [0.25, 0.3) is 0 Å². The number of nitrogens with zero attached hydrogens (tertiary/aromatic N) is 2. The lowest BCUT2D eigenvalue weighted by Crippen LogP contribution is -1.80. The summed E-state index contributed by atoms with van der Waals surface area (Å²) in [5.41, 5.74) is 1.33. The second-order valence-electron chi connectivity index (χ2n) is 4.16.